The number of aryl methyl sites for hydroxylation is 1. The van der Waals surface area contributed by atoms with Gasteiger partial charge in [0.2, 0.25) is 0 Å². The number of aromatic nitrogens is 4. The average Bonchev–Trinajstić information content (AvgIpc) is 3.04. The van der Waals surface area contributed by atoms with Crippen LogP contribution in [0.3, 0.4) is 0 Å². The van der Waals surface area contributed by atoms with Gasteiger partial charge in [0.15, 0.2) is 5.82 Å². The largest absolute Gasteiger partial charge is 0.477 e. The third kappa shape index (κ3) is 2.45. The lowest BCUT2D eigenvalue weighted by Gasteiger charge is -2.27. The first-order valence-electron chi connectivity index (χ1n) is 6.40. The molecule has 0 aromatic carbocycles. The first-order valence-corrected chi connectivity index (χ1v) is 6.40. The summed E-state index contributed by atoms with van der Waals surface area (Å²) in [6.07, 6.45) is 1.63. The molecule has 0 aliphatic carbocycles. The third-order valence-corrected chi connectivity index (χ3v) is 3.33. The molecule has 2 amide bonds. The number of rotatable bonds is 2. The topological polar surface area (TPSA) is 116 Å². The lowest BCUT2D eigenvalue weighted by atomic mass is 10.3. The molecule has 0 bridgehead atoms. The standard InChI is InChI=1S/C12H14N6O3/c1-7-4-8(10(14-7)11(19)20)15-12(21)17-2-3-18-6-13-16-9(18)5-17/h4,6,14H,2-3,5H2,1H3,(H,15,21)(H,19,20). The zero-order chi connectivity index (χ0) is 15.0. The van der Waals surface area contributed by atoms with Gasteiger partial charge in [0.25, 0.3) is 0 Å². The predicted molar refractivity (Wildman–Crippen MR) is 71.9 cm³/mol. The van der Waals surface area contributed by atoms with E-state index >= 15 is 0 Å². The fraction of sp³-hybridized carbons (Fsp3) is 0.333. The Hall–Kier alpha value is -2.84. The lowest BCUT2D eigenvalue weighted by Crippen LogP contribution is -2.40. The summed E-state index contributed by atoms with van der Waals surface area (Å²) in [7, 11) is 0. The molecule has 9 heteroatoms. The van der Waals surface area contributed by atoms with Crippen LogP contribution in [0.25, 0.3) is 0 Å². The first-order chi connectivity index (χ1) is 10.0. The Labute approximate surface area is 119 Å². The highest BCUT2D eigenvalue weighted by atomic mass is 16.4. The number of carbonyl (C=O) groups is 2. The quantitative estimate of drug-likeness (QED) is 0.751. The van der Waals surface area contributed by atoms with Gasteiger partial charge < -0.3 is 24.9 Å². The molecular formula is C12H14N6O3. The van der Waals surface area contributed by atoms with E-state index in [4.69, 9.17) is 5.11 Å². The number of H-pyrrole nitrogens is 1. The van der Waals surface area contributed by atoms with Gasteiger partial charge in [-0.15, -0.1) is 10.2 Å². The molecule has 2 aromatic heterocycles. The minimum absolute atomic E-state index is 0.0268. The molecule has 0 radical (unpaired) electrons. The SMILES string of the molecule is Cc1cc(NC(=O)N2CCn3cnnc3C2)c(C(=O)O)[nH]1. The maximum absolute atomic E-state index is 12.2. The third-order valence-electron chi connectivity index (χ3n) is 3.33. The van der Waals surface area contributed by atoms with Crippen LogP contribution in [0.4, 0.5) is 10.5 Å². The maximum Gasteiger partial charge on any atom is 0.354 e. The van der Waals surface area contributed by atoms with Gasteiger partial charge in [0.05, 0.1) is 12.2 Å². The number of amides is 2. The smallest absolute Gasteiger partial charge is 0.354 e. The van der Waals surface area contributed by atoms with Gasteiger partial charge in [-0.25, -0.2) is 9.59 Å². The number of hydrogen-bond acceptors (Lipinski definition) is 4. The fourth-order valence-electron chi connectivity index (χ4n) is 2.29. The van der Waals surface area contributed by atoms with E-state index in [-0.39, 0.29) is 17.4 Å². The molecule has 3 rings (SSSR count). The van der Waals surface area contributed by atoms with E-state index in [1.807, 2.05) is 4.57 Å². The van der Waals surface area contributed by atoms with Crippen LogP contribution in [0, 0.1) is 6.92 Å². The zero-order valence-electron chi connectivity index (χ0n) is 11.3. The van der Waals surface area contributed by atoms with Gasteiger partial charge in [-0.05, 0) is 13.0 Å². The highest BCUT2D eigenvalue weighted by Gasteiger charge is 2.23. The minimum atomic E-state index is -1.11. The minimum Gasteiger partial charge on any atom is -0.477 e. The normalized spacial score (nSPS) is 13.9. The van der Waals surface area contributed by atoms with Crippen LogP contribution in [-0.2, 0) is 13.1 Å². The highest BCUT2D eigenvalue weighted by molar-refractivity contribution is 5.99. The van der Waals surface area contributed by atoms with Crippen LogP contribution in [0.2, 0.25) is 0 Å². The Morgan fingerprint density at radius 1 is 1.43 bits per heavy atom. The molecular weight excluding hydrogens is 276 g/mol. The second kappa shape index (κ2) is 4.93. The van der Waals surface area contributed by atoms with E-state index in [0.717, 1.165) is 0 Å². The number of anilines is 1. The van der Waals surface area contributed by atoms with Crippen LogP contribution in [0.5, 0.6) is 0 Å². The molecule has 0 unspecified atom stereocenters. The number of carboxylic acid groups (broad SMARTS) is 1. The zero-order valence-corrected chi connectivity index (χ0v) is 11.3. The van der Waals surface area contributed by atoms with E-state index in [9.17, 15) is 9.59 Å². The summed E-state index contributed by atoms with van der Waals surface area (Å²) in [4.78, 5) is 27.6. The summed E-state index contributed by atoms with van der Waals surface area (Å²) in [5, 5.41) is 19.4. The van der Waals surface area contributed by atoms with E-state index < -0.39 is 5.97 Å². The van der Waals surface area contributed by atoms with Crippen molar-refractivity contribution in [3.8, 4) is 0 Å². The molecule has 0 saturated heterocycles. The number of carboxylic acids is 1. The molecule has 0 atom stereocenters. The fourth-order valence-corrected chi connectivity index (χ4v) is 2.29. The maximum atomic E-state index is 12.2. The summed E-state index contributed by atoms with van der Waals surface area (Å²) < 4.78 is 1.88. The highest BCUT2D eigenvalue weighted by Crippen LogP contribution is 2.18. The second-order valence-electron chi connectivity index (χ2n) is 4.84. The summed E-state index contributed by atoms with van der Waals surface area (Å²) in [6, 6.07) is 1.24. The molecule has 9 nitrogen and oxygen atoms in total. The van der Waals surface area contributed by atoms with Crippen LogP contribution in [0.1, 0.15) is 22.0 Å². The van der Waals surface area contributed by atoms with Gasteiger partial charge in [-0.2, -0.15) is 0 Å². The predicted octanol–water partition coefficient (Wildman–Crippen LogP) is 0.661. The molecule has 1 aliphatic rings. The number of fused-ring (bicyclic) bond motifs is 1. The van der Waals surface area contributed by atoms with Crippen LogP contribution >= 0.6 is 0 Å². The van der Waals surface area contributed by atoms with Crippen molar-refractivity contribution in [3.05, 3.63) is 29.6 Å². The summed E-state index contributed by atoms with van der Waals surface area (Å²) >= 11 is 0. The molecule has 0 saturated carbocycles. The molecule has 110 valence electrons. The van der Waals surface area contributed by atoms with Crippen LogP contribution in [0.15, 0.2) is 12.4 Å². The number of nitrogens with one attached hydrogen (secondary N) is 2. The van der Waals surface area contributed by atoms with Crippen molar-refractivity contribution in [2.75, 3.05) is 11.9 Å². The molecule has 0 spiro atoms. The van der Waals surface area contributed by atoms with Crippen molar-refractivity contribution >= 4 is 17.7 Å². The van der Waals surface area contributed by atoms with Gasteiger partial charge >= 0.3 is 12.0 Å². The van der Waals surface area contributed by atoms with Crippen molar-refractivity contribution in [2.45, 2.75) is 20.0 Å². The first kappa shape index (κ1) is 13.2. The Morgan fingerprint density at radius 3 is 3.00 bits per heavy atom. The molecule has 0 fully saturated rings. The summed E-state index contributed by atoms with van der Waals surface area (Å²) in [6.45, 7) is 3.21. The van der Waals surface area contributed by atoms with Crippen molar-refractivity contribution in [2.24, 2.45) is 0 Å². The van der Waals surface area contributed by atoms with E-state index in [1.54, 1.807) is 24.2 Å². The summed E-state index contributed by atoms with van der Waals surface area (Å²) in [5.74, 6) is -0.406. The van der Waals surface area contributed by atoms with Gasteiger partial charge in [-0.3, -0.25) is 0 Å². The average molecular weight is 290 g/mol. The number of aromatic carboxylic acids is 1. The number of carbonyl (C=O) groups excluding carboxylic acids is 1. The van der Waals surface area contributed by atoms with Gasteiger partial charge in [0.1, 0.15) is 12.0 Å². The molecule has 3 N–H and O–H groups in total. The van der Waals surface area contributed by atoms with Crippen molar-refractivity contribution in [3.63, 3.8) is 0 Å². The van der Waals surface area contributed by atoms with Gasteiger partial charge in [-0.1, -0.05) is 0 Å². The van der Waals surface area contributed by atoms with Gasteiger partial charge in [0, 0.05) is 18.8 Å². The van der Waals surface area contributed by atoms with Crippen molar-refractivity contribution in [1.82, 2.24) is 24.6 Å². The number of nitrogens with zero attached hydrogens (tertiary/aromatic N) is 4. The molecule has 21 heavy (non-hydrogen) atoms. The lowest BCUT2D eigenvalue weighted by molar-refractivity contribution is 0.0692. The Bertz CT molecular complexity index is 704. The van der Waals surface area contributed by atoms with Crippen LogP contribution in [-0.4, -0.2) is 48.3 Å². The van der Waals surface area contributed by atoms with Crippen molar-refractivity contribution < 1.29 is 14.7 Å². The second-order valence-corrected chi connectivity index (χ2v) is 4.84. The number of urea groups is 1. The van der Waals surface area contributed by atoms with E-state index in [1.165, 1.54) is 0 Å². The van der Waals surface area contributed by atoms with Crippen molar-refractivity contribution in [1.29, 1.82) is 0 Å². The van der Waals surface area contributed by atoms with Crippen LogP contribution < -0.4 is 5.32 Å². The van der Waals surface area contributed by atoms with E-state index in [2.05, 4.69) is 20.5 Å². The Balaban J connectivity index is 1.74. The Morgan fingerprint density at radius 2 is 2.24 bits per heavy atom. The van der Waals surface area contributed by atoms with E-state index in [0.29, 0.717) is 31.2 Å². The molecule has 3 heterocycles. The molecule has 2 aromatic rings. The monoisotopic (exact) mass is 290 g/mol. The Kier molecular flexibility index (Phi) is 3.09. The molecule has 1 aliphatic heterocycles. The number of hydrogen-bond donors (Lipinski definition) is 3. The summed E-state index contributed by atoms with van der Waals surface area (Å²) in [5.41, 5.74) is 0.902. The number of aromatic amines is 1.